The van der Waals surface area contributed by atoms with Crippen LogP contribution in [0, 0.1) is 0 Å². The number of hydrogen-bond donors (Lipinski definition) is 1. The monoisotopic (exact) mass is 285 g/mol. The molecule has 5 nitrogen and oxygen atoms in total. The molecule has 4 rings (SSSR count). The number of benzene rings is 1. The van der Waals surface area contributed by atoms with Gasteiger partial charge in [-0.15, -0.1) is 0 Å². The van der Waals surface area contributed by atoms with Crippen LogP contribution >= 0.6 is 0 Å². The fourth-order valence-corrected chi connectivity index (χ4v) is 2.88. The first kappa shape index (κ1) is 12.8. The molecule has 2 N–H and O–H groups in total. The van der Waals surface area contributed by atoms with Gasteiger partial charge in [-0.3, -0.25) is 0 Å². The molecule has 1 aromatic carbocycles. The number of ether oxygens (including phenoxy) is 1. The summed E-state index contributed by atoms with van der Waals surface area (Å²) < 4.78 is 11.0. The first-order valence-electron chi connectivity index (χ1n) is 7.63. The van der Waals surface area contributed by atoms with Gasteiger partial charge in [0.1, 0.15) is 5.75 Å². The van der Waals surface area contributed by atoms with E-state index in [9.17, 15) is 0 Å². The van der Waals surface area contributed by atoms with Crippen molar-refractivity contribution < 1.29 is 9.26 Å². The van der Waals surface area contributed by atoms with Crippen molar-refractivity contribution in [2.75, 3.05) is 0 Å². The average molecular weight is 285 g/mol. The van der Waals surface area contributed by atoms with Gasteiger partial charge in [-0.05, 0) is 55.4 Å². The maximum absolute atomic E-state index is 6.17. The van der Waals surface area contributed by atoms with E-state index in [1.54, 1.807) is 0 Å². The van der Waals surface area contributed by atoms with E-state index in [-0.39, 0.29) is 6.04 Å². The van der Waals surface area contributed by atoms with E-state index < -0.39 is 0 Å². The molecular formula is C16H19N3O2. The Hall–Kier alpha value is -1.88. The number of fused-ring (bicyclic) bond motifs is 1. The van der Waals surface area contributed by atoms with Crippen LogP contribution in [0.3, 0.4) is 0 Å². The molecule has 0 radical (unpaired) electrons. The maximum Gasteiger partial charge on any atom is 0.264 e. The van der Waals surface area contributed by atoms with Gasteiger partial charge in [0.15, 0.2) is 12.4 Å². The highest BCUT2D eigenvalue weighted by atomic mass is 16.5. The van der Waals surface area contributed by atoms with Gasteiger partial charge >= 0.3 is 0 Å². The van der Waals surface area contributed by atoms with Gasteiger partial charge in [-0.25, -0.2) is 0 Å². The van der Waals surface area contributed by atoms with Gasteiger partial charge in [-0.1, -0.05) is 11.2 Å². The van der Waals surface area contributed by atoms with Crippen molar-refractivity contribution in [3.8, 4) is 5.75 Å². The van der Waals surface area contributed by atoms with Gasteiger partial charge in [0.05, 0.1) is 0 Å². The second-order valence-corrected chi connectivity index (χ2v) is 5.97. The number of aromatic nitrogens is 2. The Morgan fingerprint density at radius 2 is 2.19 bits per heavy atom. The van der Waals surface area contributed by atoms with Crippen LogP contribution in [0.1, 0.15) is 60.5 Å². The summed E-state index contributed by atoms with van der Waals surface area (Å²) in [7, 11) is 0. The Balaban J connectivity index is 1.45. The van der Waals surface area contributed by atoms with E-state index in [0.29, 0.717) is 18.4 Å². The van der Waals surface area contributed by atoms with E-state index in [0.717, 1.165) is 24.4 Å². The maximum atomic E-state index is 6.17. The molecule has 2 aromatic rings. The highest BCUT2D eigenvalue weighted by molar-refractivity contribution is 5.39. The summed E-state index contributed by atoms with van der Waals surface area (Å²) in [6, 6.07) is 6.29. The Bertz CT molecular complexity index is 649. The van der Waals surface area contributed by atoms with E-state index in [2.05, 4.69) is 22.3 Å². The van der Waals surface area contributed by atoms with Crippen LogP contribution in [0.5, 0.6) is 5.75 Å². The summed E-state index contributed by atoms with van der Waals surface area (Å²) in [5.41, 5.74) is 8.72. The van der Waals surface area contributed by atoms with E-state index in [4.69, 9.17) is 15.0 Å². The summed E-state index contributed by atoms with van der Waals surface area (Å²) in [6.07, 6.45) is 5.66. The van der Waals surface area contributed by atoms with E-state index in [1.165, 1.54) is 30.4 Å². The molecule has 0 bridgehead atoms. The quantitative estimate of drug-likeness (QED) is 0.935. The van der Waals surface area contributed by atoms with Gasteiger partial charge in [0, 0.05) is 12.0 Å². The second-order valence-electron chi connectivity index (χ2n) is 5.97. The zero-order valence-corrected chi connectivity index (χ0v) is 11.9. The van der Waals surface area contributed by atoms with Crippen LogP contribution in [0.15, 0.2) is 22.7 Å². The Labute approximate surface area is 123 Å². The molecule has 1 atom stereocenters. The van der Waals surface area contributed by atoms with Gasteiger partial charge in [-0.2, -0.15) is 4.98 Å². The lowest BCUT2D eigenvalue weighted by Crippen LogP contribution is -2.17. The SMILES string of the molecule is N[C@H]1CCCc2ccc(OCc3nc(C4CC4)no3)cc21. The molecular weight excluding hydrogens is 266 g/mol. The minimum absolute atomic E-state index is 0.127. The summed E-state index contributed by atoms with van der Waals surface area (Å²) in [5.74, 6) is 2.68. The molecule has 0 amide bonds. The lowest BCUT2D eigenvalue weighted by molar-refractivity contribution is 0.242. The van der Waals surface area contributed by atoms with Gasteiger partial charge in [0.25, 0.3) is 5.89 Å². The fourth-order valence-electron chi connectivity index (χ4n) is 2.88. The number of nitrogens with zero attached hydrogens (tertiary/aromatic N) is 2. The zero-order chi connectivity index (χ0) is 14.2. The molecule has 1 aromatic heterocycles. The Morgan fingerprint density at radius 3 is 3.05 bits per heavy atom. The molecule has 0 spiro atoms. The molecule has 1 fully saturated rings. The second kappa shape index (κ2) is 5.15. The fraction of sp³-hybridized carbons (Fsp3) is 0.500. The standard InChI is InChI=1S/C16H19N3O2/c17-14-3-1-2-10-6-7-12(8-13(10)14)20-9-15-18-16(19-21-15)11-4-5-11/h6-8,11,14H,1-5,9,17H2/t14-/m0/s1. The van der Waals surface area contributed by atoms with Crippen molar-refractivity contribution in [2.24, 2.45) is 5.73 Å². The lowest BCUT2D eigenvalue weighted by Gasteiger charge is -2.22. The zero-order valence-electron chi connectivity index (χ0n) is 11.9. The number of rotatable bonds is 4. The first-order chi connectivity index (χ1) is 10.3. The van der Waals surface area contributed by atoms with Crippen LogP contribution in [0.2, 0.25) is 0 Å². The number of hydrogen-bond acceptors (Lipinski definition) is 5. The molecule has 1 saturated carbocycles. The molecule has 2 aliphatic carbocycles. The van der Waals surface area contributed by atoms with Crippen molar-refractivity contribution in [3.63, 3.8) is 0 Å². The number of nitrogens with two attached hydrogens (primary N) is 1. The van der Waals surface area contributed by atoms with Crippen molar-refractivity contribution in [1.29, 1.82) is 0 Å². The molecule has 5 heteroatoms. The summed E-state index contributed by atoms with van der Waals surface area (Å²) in [5, 5.41) is 3.99. The molecule has 0 saturated heterocycles. The molecule has 0 aliphatic heterocycles. The van der Waals surface area contributed by atoms with Crippen molar-refractivity contribution >= 4 is 0 Å². The third-order valence-electron chi connectivity index (χ3n) is 4.27. The van der Waals surface area contributed by atoms with Gasteiger partial charge < -0.3 is 15.0 Å². The number of aryl methyl sites for hydroxylation is 1. The Kier molecular flexibility index (Phi) is 3.15. The van der Waals surface area contributed by atoms with E-state index >= 15 is 0 Å². The smallest absolute Gasteiger partial charge is 0.264 e. The van der Waals surface area contributed by atoms with Crippen molar-refractivity contribution in [3.05, 3.63) is 41.0 Å². The highest BCUT2D eigenvalue weighted by Crippen LogP contribution is 2.38. The van der Waals surface area contributed by atoms with Crippen LogP contribution in [-0.2, 0) is 13.0 Å². The van der Waals surface area contributed by atoms with Crippen molar-refractivity contribution in [1.82, 2.24) is 10.1 Å². The molecule has 110 valence electrons. The summed E-state index contributed by atoms with van der Waals surface area (Å²) in [4.78, 5) is 4.36. The van der Waals surface area contributed by atoms with Crippen LogP contribution in [0.25, 0.3) is 0 Å². The van der Waals surface area contributed by atoms with Crippen molar-refractivity contribution in [2.45, 2.75) is 50.7 Å². The average Bonchev–Trinajstić information content (AvgIpc) is 3.25. The first-order valence-corrected chi connectivity index (χ1v) is 7.63. The topological polar surface area (TPSA) is 74.2 Å². The largest absolute Gasteiger partial charge is 0.484 e. The minimum atomic E-state index is 0.127. The predicted octanol–water partition coefficient (Wildman–Crippen LogP) is 2.86. The minimum Gasteiger partial charge on any atom is -0.484 e. The van der Waals surface area contributed by atoms with E-state index in [1.807, 2.05) is 6.07 Å². The lowest BCUT2D eigenvalue weighted by atomic mass is 9.88. The molecule has 21 heavy (non-hydrogen) atoms. The third-order valence-corrected chi connectivity index (χ3v) is 4.27. The molecule has 0 unspecified atom stereocenters. The predicted molar refractivity (Wildman–Crippen MR) is 76.9 cm³/mol. The van der Waals surface area contributed by atoms with Crippen LogP contribution in [0.4, 0.5) is 0 Å². The third kappa shape index (κ3) is 2.65. The molecule has 2 aliphatic rings. The molecule has 1 heterocycles. The summed E-state index contributed by atoms with van der Waals surface area (Å²) >= 11 is 0. The van der Waals surface area contributed by atoms with Gasteiger partial charge in [0.2, 0.25) is 0 Å². The highest BCUT2D eigenvalue weighted by Gasteiger charge is 2.28. The van der Waals surface area contributed by atoms with Crippen LogP contribution < -0.4 is 10.5 Å². The Morgan fingerprint density at radius 1 is 1.29 bits per heavy atom. The van der Waals surface area contributed by atoms with Crippen LogP contribution in [-0.4, -0.2) is 10.1 Å². The summed E-state index contributed by atoms with van der Waals surface area (Å²) in [6.45, 7) is 0.313. The normalized spacial score (nSPS) is 21.1.